The highest BCUT2D eigenvalue weighted by Gasteiger charge is 2.11. The van der Waals surface area contributed by atoms with Gasteiger partial charge in [0.05, 0.1) is 19.8 Å². The molecule has 0 aromatic heterocycles. The summed E-state index contributed by atoms with van der Waals surface area (Å²) in [6.45, 7) is 24.9. The van der Waals surface area contributed by atoms with Crippen LogP contribution in [-0.2, 0) is 6.42 Å². The van der Waals surface area contributed by atoms with E-state index in [1.54, 1.807) is 0 Å². The zero-order chi connectivity index (χ0) is 41.0. The molecule has 3 saturated heterocycles. The number of aryl methyl sites for hydroxylation is 1. The largest absolute Gasteiger partial charge is 0.494 e. The fourth-order valence-corrected chi connectivity index (χ4v) is 8.10. The second kappa shape index (κ2) is 29.2. The Hall–Kier alpha value is -3.06. The maximum Gasteiger partial charge on any atom is 0.119 e. The Labute approximate surface area is 356 Å². The van der Waals surface area contributed by atoms with E-state index in [4.69, 9.17) is 14.2 Å². The van der Waals surface area contributed by atoms with Gasteiger partial charge >= 0.3 is 0 Å². The van der Waals surface area contributed by atoms with E-state index in [1.807, 2.05) is 0 Å². The van der Waals surface area contributed by atoms with Gasteiger partial charge in [-0.25, -0.2) is 0 Å². The Balaban J connectivity index is 0.000000193. The lowest BCUT2D eigenvalue weighted by atomic mass is 9.99. The van der Waals surface area contributed by atoms with Gasteiger partial charge in [-0.3, -0.25) is 0 Å². The lowest BCUT2D eigenvalue weighted by Crippen LogP contribution is -2.31. The summed E-state index contributed by atoms with van der Waals surface area (Å²) in [4.78, 5) is 7.70. The number of rotatable bonds is 20. The van der Waals surface area contributed by atoms with Crippen molar-refractivity contribution in [2.75, 3.05) is 78.7 Å². The van der Waals surface area contributed by atoms with Gasteiger partial charge in [0, 0.05) is 19.6 Å². The van der Waals surface area contributed by atoms with Crippen molar-refractivity contribution in [3.8, 4) is 17.2 Å². The van der Waals surface area contributed by atoms with E-state index in [9.17, 15) is 0 Å². The smallest absolute Gasteiger partial charge is 0.119 e. The predicted octanol–water partition coefficient (Wildman–Crippen LogP) is 12.4. The predicted molar refractivity (Wildman–Crippen MR) is 247 cm³/mol. The molecule has 0 N–H and O–H groups in total. The summed E-state index contributed by atoms with van der Waals surface area (Å²) in [5.74, 6) is 4.26. The third-order valence-corrected chi connectivity index (χ3v) is 12.1. The highest BCUT2D eigenvalue weighted by molar-refractivity contribution is 5.30. The van der Waals surface area contributed by atoms with E-state index in [-0.39, 0.29) is 0 Å². The number of likely N-dealkylation sites (tertiary alicyclic amines) is 3. The van der Waals surface area contributed by atoms with Crippen molar-refractivity contribution in [1.29, 1.82) is 0 Å². The molecule has 1 unspecified atom stereocenters. The van der Waals surface area contributed by atoms with Crippen LogP contribution in [0.15, 0.2) is 72.8 Å². The normalized spacial score (nSPS) is 17.1. The fraction of sp³-hybridized carbons (Fsp3) is 0.654. The first-order chi connectivity index (χ1) is 28.4. The number of piperidine rings is 3. The topological polar surface area (TPSA) is 37.4 Å². The molecule has 0 radical (unpaired) electrons. The monoisotopic (exact) mass is 798 g/mol. The van der Waals surface area contributed by atoms with Gasteiger partial charge in [-0.05, 0) is 175 Å². The van der Waals surface area contributed by atoms with Crippen LogP contribution < -0.4 is 14.2 Å². The molecule has 0 aliphatic carbocycles. The van der Waals surface area contributed by atoms with Gasteiger partial charge in [-0.2, -0.15) is 0 Å². The molecule has 0 amide bonds. The Morgan fingerprint density at radius 3 is 1.12 bits per heavy atom. The standard InChI is InChI=1S/C18H29NO.2C17H27NO/c1-3-16(2)17-8-10-18(11-9-17)20-15-7-14-19-12-5-4-6-13-19;1-15(2)16-7-9-17(10-8-16)19-14-6-13-18-11-4-3-5-12-18;1-2-7-16-8-10-17(11-9-16)19-15-6-14-18-12-4-3-5-13-18/h8-11,16H,3-7,12-15H2,1-2H3;7-10,15H,3-6,11-14H2,1-2H3;8-11H,2-7,12-15H2,1H3. The summed E-state index contributed by atoms with van der Waals surface area (Å²) in [6.07, 6.45) is 19.4. The first kappa shape index (κ1) is 47.6. The second-order valence-corrected chi connectivity index (χ2v) is 17.3. The molecule has 3 aliphatic heterocycles. The van der Waals surface area contributed by atoms with E-state index in [0.29, 0.717) is 11.8 Å². The molecule has 58 heavy (non-hydrogen) atoms. The molecule has 3 aromatic carbocycles. The number of hydrogen-bond donors (Lipinski definition) is 0. The molecule has 0 spiro atoms. The molecule has 6 nitrogen and oxygen atoms in total. The van der Waals surface area contributed by atoms with Crippen molar-refractivity contribution in [3.05, 3.63) is 89.5 Å². The molecule has 0 saturated carbocycles. The fourth-order valence-electron chi connectivity index (χ4n) is 8.10. The third-order valence-electron chi connectivity index (χ3n) is 12.1. The molecular formula is C52H83N3O3. The molecule has 3 aromatic rings. The Morgan fingerprint density at radius 1 is 0.448 bits per heavy atom. The van der Waals surface area contributed by atoms with Gasteiger partial charge < -0.3 is 28.9 Å². The van der Waals surface area contributed by atoms with Gasteiger partial charge in [-0.1, -0.05) is 96.7 Å². The molecular weight excluding hydrogens is 715 g/mol. The van der Waals surface area contributed by atoms with Gasteiger partial charge in [-0.15, -0.1) is 0 Å². The summed E-state index contributed by atoms with van der Waals surface area (Å²) in [6, 6.07) is 25.7. The highest BCUT2D eigenvalue weighted by atomic mass is 16.5. The van der Waals surface area contributed by atoms with Crippen molar-refractivity contribution < 1.29 is 14.2 Å². The maximum absolute atomic E-state index is 5.84. The zero-order valence-electron chi connectivity index (χ0n) is 37.7. The van der Waals surface area contributed by atoms with E-state index in [0.717, 1.165) is 62.8 Å². The lowest BCUT2D eigenvalue weighted by Gasteiger charge is -2.26. The summed E-state index contributed by atoms with van der Waals surface area (Å²) < 4.78 is 17.4. The van der Waals surface area contributed by atoms with Gasteiger partial charge in [0.15, 0.2) is 0 Å². The van der Waals surface area contributed by atoms with E-state index in [1.165, 1.54) is 146 Å². The van der Waals surface area contributed by atoms with E-state index in [2.05, 4.69) is 122 Å². The highest BCUT2D eigenvalue weighted by Crippen LogP contribution is 2.22. The van der Waals surface area contributed by atoms with Crippen molar-refractivity contribution in [3.63, 3.8) is 0 Å². The van der Waals surface area contributed by atoms with E-state index >= 15 is 0 Å². The Morgan fingerprint density at radius 2 is 0.793 bits per heavy atom. The van der Waals surface area contributed by atoms with Crippen molar-refractivity contribution >= 4 is 0 Å². The van der Waals surface area contributed by atoms with Gasteiger partial charge in [0.25, 0.3) is 0 Å². The maximum atomic E-state index is 5.84. The summed E-state index contributed by atoms with van der Waals surface area (Å²) >= 11 is 0. The van der Waals surface area contributed by atoms with Gasteiger partial charge in [0.2, 0.25) is 0 Å². The number of nitrogens with zero attached hydrogens (tertiary/aromatic N) is 3. The molecule has 3 aliphatic rings. The summed E-state index contributed by atoms with van der Waals surface area (Å²) in [7, 11) is 0. The Bertz CT molecular complexity index is 1410. The number of benzene rings is 3. The number of ether oxygens (including phenoxy) is 3. The van der Waals surface area contributed by atoms with Gasteiger partial charge in [0.1, 0.15) is 17.2 Å². The van der Waals surface area contributed by atoms with E-state index < -0.39 is 0 Å². The summed E-state index contributed by atoms with van der Waals surface area (Å²) in [5, 5.41) is 0. The first-order valence-corrected chi connectivity index (χ1v) is 23.8. The van der Waals surface area contributed by atoms with Crippen LogP contribution in [-0.4, -0.2) is 93.4 Å². The van der Waals surface area contributed by atoms with Crippen LogP contribution >= 0.6 is 0 Å². The molecule has 6 heteroatoms. The quantitative estimate of drug-likeness (QED) is 0.106. The molecule has 324 valence electrons. The van der Waals surface area contributed by atoms with Crippen LogP contribution in [0.5, 0.6) is 17.2 Å². The van der Waals surface area contributed by atoms with Crippen LogP contribution in [0.4, 0.5) is 0 Å². The number of hydrogen-bond acceptors (Lipinski definition) is 6. The molecule has 0 bridgehead atoms. The summed E-state index contributed by atoms with van der Waals surface area (Å²) in [5.41, 5.74) is 4.19. The van der Waals surface area contributed by atoms with Crippen LogP contribution in [0, 0.1) is 0 Å². The van der Waals surface area contributed by atoms with Crippen LogP contribution in [0.1, 0.15) is 153 Å². The molecule has 1 atom stereocenters. The van der Waals surface area contributed by atoms with Crippen molar-refractivity contribution in [1.82, 2.24) is 14.7 Å². The molecule has 6 rings (SSSR count). The minimum absolute atomic E-state index is 0.591. The first-order valence-electron chi connectivity index (χ1n) is 23.8. The second-order valence-electron chi connectivity index (χ2n) is 17.3. The SMILES string of the molecule is CC(C)c1ccc(OCCCN2CCCCC2)cc1.CCC(C)c1ccc(OCCCN2CCCCC2)cc1.CCCc1ccc(OCCCN2CCCCC2)cc1. The van der Waals surface area contributed by atoms with Crippen LogP contribution in [0.2, 0.25) is 0 Å². The van der Waals surface area contributed by atoms with Crippen LogP contribution in [0.3, 0.4) is 0 Å². The third kappa shape index (κ3) is 19.8. The van der Waals surface area contributed by atoms with Crippen molar-refractivity contribution in [2.45, 2.75) is 143 Å². The van der Waals surface area contributed by atoms with Crippen molar-refractivity contribution in [2.24, 2.45) is 0 Å². The molecule has 3 fully saturated rings. The minimum atomic E-state index is 0.591. The molecule has 3 heterocycles. The van der Waals surface area contributed by atoms with Crippen LogP contribution in [0.25, 0.3) is 0 Å². The average molecular weight is 798 g/mol. The lowest BCUT2D eigenvalue weighted by molar-refractivity contribution is 0.205. The minimum Gasteiger partial charge on any atom is -0.494 e. The Kier molecular flexibility index (Phi) is 24.0. The average Bonchev–Trinajstić information content (AvgIpc) is 3.28. The zero-order valence-corrected chi connectivity index (χ0v) is 37.7.